The number of carbonyl (C=O) groups is 1. The van der Waals surface area contributed by atoms with E-state index in [4.69, 9.17) is 14.4 Å². The van der Waals surface area contributed by atoms with Crippen LogP contribution in [-0.4, -0.2) is 21.4 Å². The van der Waals surface area contributed by atoms with Gasteiger partial charge in [0.05, 0.1) is 0 Å². The highest BCUT2D eigenvalue weighted by Crippen LogP contribution is 2.35. The molecule has 0 saturated heterocycles. The van der Waals surface area contributed by atoms with Gasteiger partial charge < -0.3 is 14.4 Å². The van der Waals surface area contributed by atoms with Gasteiger partial charge in [0.25, 0.3) is 5.71 Å². The minimum absolute atomic E-state index is 0.205. The van der Waals surface area contributed by atoms with Crippen LogP contribution in [0.25, 0.3) is 11.1 Å². The second-order valence-corrected chi connectivity index (χ2v) is 5.09. The largest absolute Gasteiger partial charge is 0.511 e. The number of aryl methyl sites for hydroxylation is 1. The maximum atomic E-state index is 10.7. The fraction of sp³-hybridized carbons (Fsp3) is 0.417. The Morgan fingerprint density at radius 3 is 2.67 bits per heavy atom. The smallest absolute Gasteiger partial charge is 0.449 e. The third kappa shape index (κ3) is 2.13. The Bertz CT molecular complexity index is 610. The molecular formula is C12H14N2O4. The van der Waals surface area contributed by atoms with E-state index in [-0.39, 0.29) is 16.9 Å². The molecule has 0 aliphatic heterocycles. The van der Waals surface area contributed by atoms with Gasteiger partial charge in [0.2, 0.25) is 0 Å². The highest BCUT2D eigenvalue weighted by atomic mass is 16.7. The minimum Gasteiger partial charge on any atom is -0.449 e. The summed E-state index contributed by atoms with van der Waals surface area (Å²) in [6, 6.07) is 1.56. The van der Waals surface area contributed by atoms with E-state index in [0.717, 1.165) is 0 Å². The molecule has 0 bridgehead atoms. The molecule has 0 amide bonds. The molecule has 18 heavy (non-hydrogen) atoms. The van der Waals surface area contributed by atoms with E-state index in [9.17, 15) is 4.79 Å². The van der Waals surface area contributed by atoms with Crippen LogP contribution in [0, 0.1) is 6.92 Å². The van der Waals surface area contributed by atoms with E-state index >= 15 is 0 Å². The maximum Gasteiger partial charge on any atom is 0.511 e. The Labute approximate surface area is 104 Å². The first-order valence-corrected chi connectivity index (χ1v) is 5.47. The van der Waals surface area contributed by atoms with E-state index in [2.05, 4.69) is 10.1 Å². The first kappa shape index (κ1) is 12.3. The molecule has 1 N–H and O–H groups in total. The molecule has 0 atom stereocenters. The zero-order chi connectivity index (χ0) is 13.5. The van der Waals surface area contributed by atoms with Crippen LogP contribution in [0.4, 0.5) is 4.79 Å². The van der Waals surface area contributed by atoms with Crippen LogP contribution in [0.15, 0.2) is 10.6 Å². The molecule has 0 aromatic carbocycles. The summed E-state index contributed by atoms with van der Waals surface area (Å²) in [5, 5.41) is 13.2. The molecule has 0 aliphatic carbocycles. The molecule has 6 nitrogen and oxygen atoms in total. The summed E-state index contributed by atoms with van der Waals surface area (Å²) < 4.78 is 9.92. The number of rotatable bonds is 1. The molecule has 6 heteroatoms. The van der Waals surface area contributed by atoms with E-state index in [0.29, 0.717) is 16.8 Å². The van der Waals surface area contributed by atoms with Crippen molar-refractivity contribution in [1.29, 1.82) is 0 Å². The number of fused-ring (bicyclic) bond motifs is 1. The first-order chi connectivity index (χ1) is 8.29. The zero-order valence-electron chi connectivity index (χ0n) is 10.6. The highest BCUT2D eigenvalue weighted by Gasteiger charge is 2.26. The van der Waals surface area contributed by atoms with Gasteiger partial charge in [-0.05, 0) is 6.92 Å². The Morgan fingerprint density at radius 1 is 1.44 bits per heavy atom. The van der Waals surface area contributed by atoms with Crippen LogP contribution in [0.3, 0.4) is 0 Å². The molecule has 2 aromatic rings. The standard InChI is InChI=1S/C12H14N2O4/c1-6-5-7(17-11(15)16)8-9(12(2,3)4)14-18-10(8)13-6/h5H,1-4H3,(H,15,16). The lowest BCUT2D eigenvalue weighted by molar-refractivity contribution is 0.145. The van der Waals surface area contributed by atoms with Crippen molar-refractivity contribution in [1.82, 2.24) is 10.1 Å². The van der Waals surface area contributed by atoms with Gasteiger partial charge in [0.15, 0.2) is 5.75 Å². The monoisotopic (exact) mass is 250 g/mol. The van der Waals surface area contributed by atoms with Crippen LogP contribution in [0.5, 0.6) is 5.75 Å². The molecule has 0 aliphatic rings. The van der Waals surface area contributed by atoms with Gasteiger partial charge in [-0.25, -0.2) is 9.78 Å². The Hall–Kier alpha value is -2.11. The molecule has 0 fully saturated rings. The lowest BCUT2D eigenvalue weighted by Gasteiger charge is -2.15. The summed E-state index contributed by atoms with van der Waals surface area (Å²) in [4.78, 5) is 14.9. The molecular weight excluding hydrogens is 236 g/mol. The van der Waals surface area contributed by atoms with Crippen molar-refractivity contribution in [3.05, 3.63) is 17.5 Å². The predicted octanol–water partition coefficient (Wildman–Crippen LogP) is 2.89. The summed E-state index contributed by atoms with van der Waals surface area (Å²) in [7, 11) is 0. The quantitative estimate of drug-likeness (QED) is 0.783. The summed E-state index contributed by atoms with van der Waals surface area (Å²) >= 11 is 0. The number of hydrogen-bond donors (Lipinski definition) is 1. The average molecular weight is 250 g/mol. The van der Waals surface area contributed by atoms with E-state index in [1.54, 1.807) is 13.0 Å². The summed E-state index contributed by atoms with van der Waals surface area (Å²) in [6.07, 6.45) is -1.37. The van der Waals surface area contributed by atoms with Gasteiger partial charge in [-0.2, -0.15) is 0 Å². The predicted molar refractivity (Wildman–Crippen MR) is 63.9 cm³/mol. The Kier molecular flexibility index (Phi) is 2.73. The summed E-state index contributed by atoms with van der Waals surface area (Å²) in [6.45, 7) is 7.59. The molecule has 2 aromatic heterocycles. The number of ether oxygens (including phenoxy) is 1. The Morgan fingerprint density at radius 2 is 2.11 bits per heavy atom. The van der Waals surface area contributed by atoms with Gasteiger partial charge in [0, 0.05) is 17.2 Å². The van der Waals surface area contributed by atoms with Gasteiger partial charge in [-0.3, -0.25) is 0 Å². The highest BCUT2D eigenvalue weighted by molar-refractivity contribution is 5.86. The van der Waals surface area contributed by atoms with Crippen molar-refractivity contribution in [2.75, 3.05) is 0 Å². The molecule has 0 radical (unpaired) electrons. The van der Waals surface area contributed by atoms with Gasteiger partial charge in [0.1, 0.15) is 11.1 Å². The van der Waals surface area contributed by atoms with Crippen molar-refractivity contribution in [2.45, 2.75) is 33.1 Å². The van der Waals surface area contributed by atoms with Gasteiger partial charge >= 0.3 is 6.16 Å². The number of aromatic nitrogens is 2. The van der Waals surface area contributed by atoms with Crippen LogP contribution >= 0.6 is 0 Å². The number of nitrogens with zero attached hydrogens (tertiary/aromatic N) is 2. The average Bonchev–Trinajstić information content (AvgIpc) is 2.59. The summed E-state index contributed by atoms with van der Waals surface area (Å²) in [5.41, 5.74) is 1.23. The van der Waals surface area contributed by atoms with Crippen molar-refractivity contribution in [2.24, 2.45) is 0 Å². The third-order valence-electron chi connectivity index (χ3n) is 2.45. The Balaban J connectivity index is 2.73. The number of carboxylic acid groups (broad SMARTS) is 1. The lowest BCUT2D eigenvalue weighted by Crippen LogP contribution is -2.13. The van der Waals surface area contributed by atoms with E-state index < -0.39 is 6.16 Å². The first-order valence-electron chi connectivity index (χ1n) is 5.47. The second-order valence-electron chi connectivity index (χ2n) is 5.09. The van der Waals surface area contributed by atoms with Crippen LogP contribution in [0.2, 0.25) is 0 Å². The van der Waals surface area contributed by atoms with Crippen molar-refractivity contribution in [3.63, 3.8) is 0 Å². The molecule has 2 heterocycles. The van der Waals surface area contributed by atoms with Crippen LogP contribution in [-0.2, 0) is 5.41 Å². The fourth-order valence-electron chi connectivity index (χ4n) is 1.72. The van der Waals surface area contributed by atoms with Crippen molar-refractivity contribution in [3.8, 4) is 5.75 Å². The fourth-order valence-corrected chi connectivity index (χ4v) is 1.72. The third-order valence-corrected chi connectivity index (χ3v) is 2.45. The van der Waals surface area contributed by atoms with E-state index in [1.165, 1.54) is 0 Å². The molecule has 2 rings (SSSR count). The summed E-state index contributed by atoms with van der Waals surface area (Å²) in [5.74, 6) is 0.205. The molecule has 96 valence electrons. The lowest BCUT2D eigenvalue weighted by atomic mass is 9.90. The van der Waals surface area contributed by atoms with Crippen molar-refractivity contribution < 1.29 is 19.2 Å². The molecule has 0 unspecified atom stereocenters. The normalized spacial score (nSPS) is 11.8. The SMILES string of the molecule is Cc1cc(OC(=O)O)c2c(C(C)(C)C)noc2n1. The number of pyridine rings is 1. The maximum absolute atomic E-state index is 10.7. The topological polar surface area (TPSA) is 85.5 Å². The second kappa shape index (κ2) is 3.97. The number of hydrogen-bond acceptors (Lipinski definition) is 5. The van der Waals surface area contributed by atoms with Gasteiger partial charge in [-0.15, -0.1) is 0 Å². The van der Waals surface area contributed by atoms with Crippen LogP contribution < -0.4 is 4.74 Å². The van der Waals surface area contributed by atoms with Crippen molar-refractivity contribution >= 4 is 17.3 Å². The zero-order valence-corrected chi connectivity index (χ0v) is 10.6. The van der Waals surface area contributed by atoms with Gasteiger partial charge in [-0.1, -0.05) is 25.9 Å². The minimum atomic E-state index is -1.37. The van der Waals surface area contributed by atoms with Crippen LogP contribution in [0.1, 0.15) is 32.2 Å². The molecule has 0 saturated carbocycles. The van der Waals surface area contributed by atoms with E-state index in [1.807, 2.05) is 20.8 Å². The molecule has 0 spiro atoms.